The SMILES string of the molecule is Cc1cc(C2=CCC3CC2N(C(=O)OC(C)(C)C)C3)on1. The molecule has 5 heteroatoms. The molecule has 2 atom stereocenters. The zero-order valence-corrected chi connectivity index (χ0v) is 13.0. The number of carbonyl (C=O) groups is 1. The summed E-state index contributed by atoms with van der Waals surface area (Å²) in [6, 6.07) is 1.98. The van der Waals surface area contributed by atoms with Crippen LogP contribution in [0.5, 0.6) is 0 Å². The molecule has 1 aliphatic carbocycles. The number of hydrogen-bond acceptors (Lipinski definition) is 4. The first kappa shape index (κ1) is 14.2. The predicted molar refractivity (Wildman–Crippen MR) is 78.7 cm³/mol. The van der Waals surface area contributed by atoms with Crippen molar-refractivity contribution >= 4 is 11.7 Å². The van der Waals surface area contributed by atoms with Gasteiger partial charge in [0.1, 0.15) is 5.60 Å². The van der Waals surface area contributed by atoms with Crippen molar-refractivity contribution in [2.75, 3.05) is 6.54 Å². The molecule has 2 bridgehead atoms. The predicted octanol–water partition coefficient (Wildman–Crippen LogP) is 3.40. The van der Waals surface area contributed by atoms with Gasteiger partial charge in [0.2, 0.25) is 0 Å². The quantitative estimate of drug-likeness (QED) is 0.795. The summed E-state index contributed by atoms with van der Waals surface area (Å²) in [5.74, 6) is 1.29. The number of amides is 1. The lowest BCUT2D eigenvalue weighted by molar-refractivity contribution is 0.0257. The Labute approximate surface area is 124 Å². The summed E-state index contributed by atoms with van der Waals surface area (Å²) in [6.07, 6.45) is 3.90. The van der Waals surface area contributed by atoms with Crippen molar-refractivity contribution in [2.45, 2.75) is 52.2 Å². The number of nitrogens with zero attached hydrogens (tertiary/aromatic N) is 2. The van der Waals surface area contributed by atoms with Gasteiger partial charge in [0.15, 0.2) is 5.76 Å². The Bertz CT molecular complexity index is 583. The standard InChI is InChI=1S/C16H22N2O3/c1-10-7-14(21-17-10)12-6-5-11-8-13(12)18(9-11)15(19)20-16(2,3)4/h6-7,11,13H,5,8-9H2,1-4H3. The zero-order valence-electron chi connectivity index (χ0n) is 13.0. The summed E-state index contributed by atoms with van der Waals surface area (Å²) in [4.78, 5) is 14.3. The maximum Gasteiger partial charge on any atom is 0.410 e. The third-order valence-electron chi connectivity index (χ3n) is 3.96. The Morgan fingerprint density at radius 3 is 2.86 bits per heavy atom. The second-order valence-corrected chi connectivity index (χ2v) is 6.98. The van der Waals surface area contributed by atoms with Crippen molar-refractivity contribution in [3.05, 3.63) is 23.6 Å². The van der Waals surface area contributed by atoms with E-state index >= 15 is 0 Å². The van der Waals surface area contributed by atoms with Crippen LogP contribution in [-0.4, -0.2) is 34.3 Å². The monoisotopic (exact) mass is 290 g/mol. The molecule has 2 heterocycles. The molecule has 21 heavy (non-hydrogen) atoms. The molecular weight excluding hydrogens is 268 g/mol. The topological polar surface area (TPSA) is 55.6 Å². The van der Waals surface area contributed by atoms with Gasteiger partial charge in [-0.05, 0) is 46.5 Å². The van der Waals surface area contributed by atoms with Crippen LogP contribution < -0.4 is 0 Å². The van der Waals surface area contributed by atoms with Crippen LogP contribution in [0, 0.1) is 12.8 Å². The Balaban J connectivity index is 1.83. The van der Waals surface area contributed by atoms with Gasteiger partial charge in [-0.1, -0.05) is 11.2 Å². The highest BCUT2D eigenvalue weighted by molar-refractivity contribution is 5.76. The Morgan fingerprint density at radius 1 is 1.48 bits per heavy atom. The minimum Gasteiger partial charge on any atom is -0.444 e. The molecule has 1 aromatic rings. The van der Waals surface area contributed by atoms with E-state index in [0.29, 0.717) is 5.92 Å². The number of aryl methyl sites for hydroxylation is 1. The van der Waals surface area contributed by atoms with Gasteiger partial charge in [-0.3, -0.25) is 0 Å². The van der Waals surface area contributed by atoms with Gasteiger partial charge in [-0.25, -0.2) is 4.79 Å². The fourth-order valence-corrected chi connectivity index (χ4v) is 3.10. The third kappa shape index (κ3) is 2.82. The van der Waals surface area contributed by atoms with E-state index < -0.39 is 5.60 Å². The maximum atomic E-state index is 12.4. The molecule has 3 rings (SSSR count). The second kappa shape index (κ2) is 4.90. The molecule has 0 N–H and O–H groups in total. The fraction of sp³-hybridized carbons (Fsp3) is 0.625. The summed E-state index contributed by atoms with van der Waals surface area (Å²) in [6.45, 7) is 8.34. The fourth-order valence-electron chi connectivity index (χ4n) is 3.10. The van der Waals surface area contributed by atoms with Crippen molar-refractivity contribution in [3.8, 4) is 0 Å². The molecule has 1 saturated heterocycles. The second-order valence-electron chi connectivity index (χ2n) is 6.98. The lowest BCUT2D eigenvalue weighted by Gasteiger charge is -2.29. The van der Waals surface area contributed by atoms with Crippen LogP contribution in [0.1, 0.15) is 45.1 Å². The normalized spacial score (nSPS) is 25.0. The molecule has 1 amide bonds. The van der Waals surface area contributed by atoms with Crippen molar-refractivity contribution in [3.63, 3.8) is 0 Å². The summed E-state index contributed by atoms with van der Waals surface area (Å²) in [7, 11) is 0. The lowest BCUT2D eigenvalue weighted by Crippen LogP contribution is -2.40. The molecule has 0 aromatic carbocycles. The lowest BCUT2D eigenvalue weighted by atomic mass is 9.89. The Morgan fingerprint density at radius 2 is 2.24 bits per heavy atom. The van der Waals surface area contributed by atoms with Crippen LogP contribution in [-0.2, 0) is 4.74 Å². The first-order chi connectivity index (χ1) is 9.83. The van der Waals surface area contributed by atoms with Crippen LogP contribution in [0.2, 0.25) is 0 Å². The van der Waals surface area contributed by atoms with Crippen molar-refractivity contribution < 1.29 is 14.1 Å². The van der Waals surface area contributed by atoms with Gasteiger partial charge in [0.05, 0.1) is 11.7 Å². The third-order valence-corrected chi connectivity index (χ3v) is 3.96. The molecule has 2 unspecified atom stereocenters. The Kier molecular flexibility index (Phi) is 3.30. The van der Waals surface area contributed by atoms with E-state index in [2.05, 4.69) is 11.2 Å². The van der Waals surface area contributed by atoms with Crippen LogP contribution in [0.25, 0.3) is 5.57 Å². The van der Waals surface area contributed by atoms with Gasteiger partial charge in [0.25, 0.3) is 0 Å². The number of rotatable bonds is 1. The van der Waals surface area contributed by atoms with Crippen molar-refractivity contribution in [1.29, 1.82) is 0 Å². The van der Waals surface area contributed by atoms with Gasteiger partial charge in [-0.15, -0.1) is 0 Å². The number of allylic oxidation sites excluding steroid dienone is 1. The smallest absolute Gasteiger partial charge is 0.410 e. The van der Waals surface area contributed by atoms with Gasteiger partial charge in [-0.2, -0.15) is 0 Å². The molecule has 114 valence electrons. The van der Waals surface area contributed by atoms with E-state index in [0.717, 1.165) is 36.4 Å². The number of aromatic nitrogens is 1. The molecular formula is C16H22N2O3. The van der Waals surface area contributed by atoms with Gasteiger partial charge < -0.3 is 14.2 Å². The summed E-state index contributed by atoms with van der Waals surface area (Å²) in [5.41, 5.74) is 1.45. The van der Waals surface area contributed by atoms with Crippen LogP contribution in [0.15, 0.2) is 16.7 Å². The van der Waals surface area contributed by atoms with Gasteiger partial charge in [0, 0.05) is 18.2 Å². The molecule has 5 nitrogen and oxygen atoms in total. The molecule has 2 aliphatic rings. The number of hydrogen-bond donors (Lipinski definition) is 0. The number of likely N-dealkylation sites (tertiary alicyclic amines) is 1. The Hall–Kier alpha value is -1.78. The average Bonchev–Trinajstić information content (AvgIpc) is 2.93. The summed E-state index contributed by atoms with van der Waals surface area (Å²) in [5, 5.41) is 3.95. The highest BCUT2D eigenvalue weighted by Gasteiger charge is 2.42. The van der Waals surface area contributed by atoms with Crippen LogP contribution in [0.4, 0.5) is 4.79 Å². The highest BCUT2D eigenvalue weighted by atomic mass is 16.6. The van der Waals surface area contributed by atoms with E-state index in [9.17, 15) is 4.79 Å². The summed E-state index contributed by atoms with van der Waals surface area (Å²) < 4.78 is 10.9. The minimum absolute atomic E-state index is 0.0472. The van der Waals surface area contributed by atoms with E-state index in [4.69, 9.17) is 9.26 Å². The number of fused-ring (bicyclic) bond motifs is 2. The zero-order chi connectivity index (χ0) is 15.2. The molecule has 1 aliphatic heterocycles. The number of ether oxygens (including phenoxy) is 1. The average molecular weight is 290 g/mol. The van der Waals surface area contributed by atoms with Gasteiger partial charge >= 0.3 is 6.09 Å². The molecule has 0 saturated carbocycles. The van der Waals surface area contributed by atoms with Crippen LogP contribution in [0.3, 0.4) is 0 Å². The van der Waals surface area contributed by atoms with Crippen molar-refractivity contribution in [1.82, 2.24) is 10.1 Å². The molecule has 0 radical (unpaired) electrons. The van der Waals surface area contributed by atoms with E-state index in [1.54, 1.807) is 0 Å². The van der Waals surface area contributed by atoms with Crippen LogP contribution >= 0.6 is 0 Å². The van der Waals surface area contributed by atoms with E-state index in [-0.39, 0.29) is 12.1 Å². The van der Waals surface area contributed by atoms with E-state index in [1.807, 2.05) is 38.7 Å². The summed E-state index contributed by atoms with van der Waals surface area (Å²) >= 11 is 0. The first-order valence-electron chi connectivity index (χ1n) is 7.47. The number of carbonyl (C=O) groups excluding carboxylic acids is 1. The largest absolute Gasteiger partial charge is 0.444 e. The highest BCUT2D eigenvalue weighted by Crippen LogP contribution is 2.40. The van der Waals surface area contributed by atoms with Crippen molar-refractivity contribution in [2.24, 2.45) is 5.92 Å². The molecule has 1 fully saturated rings. The maximum absolute atomic E-state index is 12.4. The minimum atomic E-state index is -0.472. The molecule has 0 spiro atoms. The molecule has 1 aromatic heterocycles. The first-order valence-corrected chi connectivity index (χ1v) is 7.47. The van der Waals surface area contributed by atoms with E-state index in [1.165, 1.54) is 0 Å².